The molecule has 1 rings (SSSR count). The summed E-state index contributed by atoms with van der Waals surface area (Å²) in [5, 5.41) is 20.8. The normalized spacial score (nSPS) is 14.1. The second-order valence-electron chi connectivity index (χ2n) is 5.10. The van der Waals surface area contributed by atoms with E-state index < -0.39 is 0 Å². The van der Waals surface area contributed by atoms with Crippen LogP contribution < -0.4 is 5.32 Å². The minimum Gasteiger partial charge on any atom is -0.391 e. The molecule has 0 saturated carbocycles. The maximum atomic E-state index is 9.48. The first-order valence-electron chi connectivity index (χ1n) is 5.73. The van der Waals surface area contributed by atoms with Crippen LogP contribution in [-0.2, 0) is 13.1 Å². The lowest BCUT2D eigenvalue weighted by atomic mass is 10.1. The molecule has 1 heterocycles. The summed E-state index contributed by atoms with van der Waals surface area (Å²) in [7, 11) is 0. The predicted molar refractivity (Wildman–Crippen MR) is 62.9 cm³/mol. The molecule has 0 aliphatic heterocycles. The van der Waals surface area contributed by atoms with E-state index in [1.54, 1.807) is 4.68 Å². The Balaban J connectivity index is 2.45. The fraction of sp³-hybridized carbons (Fsp3) is 0.818. The van der Waals surface area contributed by atoms with Gasteiger partial charge in [-0.05, 0) is 27.2 Å². The van der Waals surface area contributed by atoms with Gasteiger partial charge in [0.25, 0.3) is 0 Å². The molecule has 0 fully saturated rings. The Morgan fingerprint density at radius 1 is 1.50 bits per heavy atom. The van der Waals surface area contributed by atoms with Crippen molar-refractivity contribution in [3.05, 3.63) is 11.9 Å². The average molecular weight is 226 g/mol. The van der Waals surface area contributed by atoms with Gasteiger partial charge >= 0.3 is 0 Å². The highest BCUT2D eigenvalue weighted by Crippen LogP contribution is 2.02. The molecule has 1 aromatic heterocycles. The van der Waals surface area contributed by atoms with Gasteiger partial charge in [0.2, 0.25) is 0 Å². The van der Waals surface area contributed by atoms with E-state index in [-0.39, 0.29) is 11.6 Å². The minimum absolute atomic E-state index is 0.0761. The monoisotopic (exact) mass is 226 g/mol. The van der Waals surface area contributed by atoms with E-state index in [9.17, 15) is 5.11 Å². The zero-order valence-corrected chi connectivity index (χ0v) is 10.6. The lowest BCUT2D eigenvalue weighted by molar-refractivity contribution is 0.144. The number of aliphatic hydroxyl groups is 1. The lowest BCUT2D eigenvalue weighted by Crippen LogP contribution is -2.35. The van der Waals surface area contributed by atoms with Crippen molar-refractivity contribution in [1.82, 2.24) is 20.3 Å². The average Bonchev–Trinajstić information content (AvgIpc) is 2.61. The highest BCUT2D eigenvalue weighted by atomic mass is 16.3. The summed E-state index contributed by atoms with van der Waals surface area (Å²) >= 11 is 0. The fourth-order valence-corrected chi connectivity index (χ4v) is 1.21. The van der Waals surface area contributed by atoms with E-state index >= 15 is 0 Å². The number of nitrogens with zero attached hydrogens (tertiary/aromatic N) is 3. The molecule has 16 heavy (non-hydrogen) atoms. The number of hydrogen-bond donors (Lipinski definition) is 2. The van der Waals surface area contributed by atoms with Crippen LogP contribution in [0.1, 0.15) is 39.8 Å². The number of rotatable bonds is 5. The first kappa shape index (κ1) is 13.1. The van der Waals surface area contributed by atoms with Gasteiger partial charge < -0.3 is 10.4 Å². The van der Waals surface area contributed by atoms with Crippen molar-refractivity contribution in [3.8, 4) is 0 Å². The van der Waals surface area contributed by atoms with Crippen LogP contribution in [0.2, 0.25) is 0 Å². The van der Waals surface area contributed by atoms with Gasteiger partial charge in [0.05, 0.1) is 18.3 Å². The zero-order valence-electron chi connectivity index (χ0n) is 10.6. The van der Waals surface area contributed by atoms with E-state index in [4.69, 9.17) is 0 Å². The summed E-state index contributed by atoms with van der Waals surface area (Å²) in [6, 6.07) is 0. The largest absolute Gasteiger partial charge is 0.391 e. The van der Waals surface area contributed by atoms with Crippen LogP contribution in [0, 0.1) is 0 Å². The Morgan fingerprint density at radius 2 is 2.19 bits per heavy atom. The Hall–Kier alpha value is -0.940. The quantitative estimate of drug-likeness (QED) is 0.784. The van der Waals surface area contributed by atoms with Gasteiger partial charge in [-0.2, -0.15) is 0 Å². The maximum Gasteiger partial charge on any atom is 0.0965 e. The van der Waals surface area contributed by atoms with Crippen LogP contribution in [0.25, 0.3) is 0 Å². The molecule has 0 bridgehead atoms. The third kappa shape index (κ3) is 4.72. The molecule has 0 spiro atoms. The van der Waals surface area contributed by atoms with Crippen molar-refractivity contribution >= 4 is 0 Å². The number of hydrogen-bond acceptors (Lipinski definition) is 4. The molecule has 0 radical (unpaired) electrons. The molecular formula is C11H22N4O. The zero-order chi connectivity index (χ0) is 12.2. The third-order valence-corrected chi connectivity index (χ3v) is 2.25. The number of aliphatic hydroxyl groups excluding tert-OH is 1. The molecule has 5 heteroatoms. The van der Waals surface area contributed by atoms with Crippen LogP contribution in [0.3, 0.4) is 0 Å². The smallest absolute Gasteiger partial charge is 0.0965 e. The molecule has 0 aliphatic rings. The first-order chi connectivity index (χ1) is 7.40. The second-order valence-corrected chi connectivity index (χ2v) is 5.10. The second kappa shape index (κ2) is 5.41. The summed E-state index contributed by atoms with van der Waals surface area (Å²) in [6.07, 6.45) is 2.26. The summed E-state index contributed by atoms with van der Waals surface area (Å²) in [5.74, 6) is 0. The van der Waals surface area contributed by atoms with Crippen LogP contribution in [-0.4, -0.2) is 31.7 Å². The number of aromatic nitrogens is 3. The molecule has 5 nitrogen and oxygen atoms in total. The third-order valence-electron chi connectivity index (χ3n) is 2.25. The van der Waals surface area contributed by atoms with Crippen LogP contribution in [0.15, 0.2) is 6.20 Å². The van der Waals surface area contributed by atoms with Gasteiger partial charge in [0, 0.05) is 18.3 Å². The molecule has 0 amide bonds. The summed E-state index contributed by atoms with van der Waals surface area (Å²) in [4.78, 5) is 0. The summed E-state index contributed by atoms with van der Waals surface area (Å²) in [6.45, 7) is 9.49. The van der Waals surface area contributed by atoms with Crippen molar-refractivity contribution in [2.45, 2.75) is 58.8 Å². The van der Waals surface area contributed by atoms with Gasteiger partial charge in [-0.3, -0.25) is 0 Å². The van der Waals surface area contributed by atoms with Gasteiger partial charge in [-0.1, -0.05) is 12.1 Å². The first-order valence-corrected chi connectivity index (χ1v) is 5.73. The summed E-state index contributed by atoms with van der Waals surface area (Å²) < 4.78 is 1.69. The molecule has 2 N–H and O–H groups in total. The molecular weight excluding hydrogens is 204 g/mol. The van der Waals surface area contributed by atoms with Crippen LogP contribution in [0.4, 0.5) is 0 Å². The standard InChI is InChI=1S/C11H22N4O/c1-5-10(16)8-15-7-9(13-14-15)6-12-11(2,3)4/h7,10,12,16H,5-6,8H2,1-4H3. The number of nitrogens with one attached hydrogen (secondary N) is 1. The SMILES string of the molecule is CCC(O)Cn1cc(CNC(C)(C)C)nn1. The Kier molecular flexibility index (Phi) is 4.44. The van der Waals surface area contributed by atoms with Crippen molar-refractivity contribution in [2.24, 2.45) is 0 Å². The van der Waals surface area contributed by atoms with Gasteiger partial charge in [-0.25, -0.2) is 4.68 Å². The Bertz CT molecular complexity index is 316. The Labute approximate surface area is 96.9 Å². The molecule has 1 aromatic rings. The van der Waals surface area contributed by atoms with Crippen molar-refractivity contribution in [3.63, 3.8) is 0 Å². The molecule has 1 unspecified atom stereocenters. The fourth-order valence-electron chi connectivity index (χ4n) is 1.21. The molecule has 0 aliphatic carbocycles. The van der Waals surface area contributed by atoms with E-state index in [0.29, 0.717) is 13.1 Å². The van der Waals surface area contributed by atoms with Gasteiger partial charge in [0.1, 0.15) is 0 Å². The van der Waals surface area contributed by atoms with E-state index in [1.807, 2.05) is 13.1 Å². The summed E-state index contributed by atoms with van der Waals surface area (Å²) in [5.41, 5.74) is 0.977. The highest BCUT2D eigenvalue weighted by Gasteiger charge is 2.10. The van der Waals surface area contributed by atoms with E-state index in [2.05, 4.69) is 36.4 Å². The Morgan fingerprint density at radius 3 is 2.75 bits per heavy atom. The van der Waals surface area contributed by atoms with E-state index in [1.165, 1.54) is 0 Å². The molecule has 92 valence electrons. The highest BCUT2D eigenvalue weighted by molar-refractivity contribution is 4.93. The van der Waals surface area contributed by atoms with Crippen LogP contribution in [0.5, 0.6) is 0 Å². The molecule has 1 atom stereocenters. The molecule has 0 saturated heterocycles. The predicted octanol–water partition coefficient (Wildman–Crippen LogP) is 0.937. The van der Waals surface area contributed by atoms with Gasteiger partial charge in [-0.15, -0.1) is 5.10 Å². The minimum atomic E-state index is -0.342. The van der Waals surface area contributed by atoms with Crippen molar-refractivity contribution in [1.29, 1.82) is 0 Å². The maximum absolute atomic E-state index is 9.48. The lowest BCUT2D eigenvalue weighted by Gasteiger charge is -2.19. The topological polar surface area (TPSA) is 63.0 Å². The molecule has 0 aromatic carbocycles. The van der Waals surface area contributed by atoms with Gasteiger partial charge in [0.15, 0.2) is 0 Å². The van der Waals surface area contributed by atoms with Crippen LogP contribution >= 0.6 is 0 Å². The van der Waals surface area contributed by atoms with Crippen molar-refractivity contribution in [2.75, 3.05) is 0 Å². The van der Waals surface area contributed by atoms with Crippen molar-refractivity contribution < 1.29 is 5.11 Å². The van der Waals surface area contributed by atoms with E-state index in [0.717, 1.165) is 12.1 Å².